The Labute approximate surface area is 120 Å². The van der Waals surface area contributed by atoms with Crippen molar-refractivity contribution in [1.82, 2.24) is 4.90 Å². The maximum absolute atomic E-state index is 13.5. The maximum atomic E-state index is 13.5. The van der Waals surface area contributed by atoms with Crippen LogP contribution in [0.3, 0.4) is 0 Å². The van der Waals surface area contributed by atoms with Gasteiger partial charge in [0.15, 0.2) is 5.82 Å². The Bertz CT molecular complexity index is 538. The number of nitrogen functional groups attached to an aromatic ring is 1. The van der Waals surface area contributed by atoms with Crippen molar-refractivity contribution in [2.75, 3.05) is 32.2 Å². The summed E-state index contributed by atoms with van der Waals surface area (Å²) in [6.07, 6.45) is 0. The van der Waals surface area contributed by atoms with E-state index in [0.29, 0.717) is 19.3 Å². The lowest BCUT2D eigenvalue weighted by Gasteiger charge is -2.17. The highest BCUT2D eigenvalue weighted by Gasteiger charge is 2.25. The van der Waals surface area contributed by atoms with Gasteiger partial charge in [0, 0.05) is 20.2 Å². The van der Waals surface area contributed by atoms with Gasteiger partial charge in [-0.05, 0) is 13.0 Å². The van der Waals surface area contributed by atoms with Crippen LogP contribution in [-0.4, -0.2) is 42.5 Å². The Balaban J connectivity index is 3.09. The van der Waals surface area contributed by atoms with E-state index in [2.05, 4.69) is 5.43 Å². The van der Waals surface area contributed by atoms with Crippen molar-refractivity contribution in [3.8, 4) is 0 Å². The topological polar surface area (TPSA) is 111 Å². The average Bonchev–Trinajstić information content (AvgIpc) is 2.46. The lowest BCUT2D eigenvalue weighted by Crippen LogP contribution is -2.31. The number of nitrogens with zero attached hydrogens (tertiary/aromatic N) is 2. The predicted molar refractivity (Wildman–Crippen MR) is 74.3 cm³/mol. The highest BCUT2D eigenvalue weighted by molar-refractivity contribution is 5.99. The molecule has 0 aromatic heterocycles. The minimum atomic E-state index is -0.905. The molecule has 0 saturated heterocycles. The van der Waals surface area contributed by atoms with E-state index in [1.165, 1.54) is 11.9 Å². The summed E-state index contributed by atoms with van der Waals surface area (Å²) in [6, 6.07) is 1.69. The number of rotatable bonds is 7. The first-order chi connectivity index (χ1) is 9.92. The number of likely N-dealkylation sites (N-methyl/N-ethyl adjacent to an activating group) is 1. The lowest BCUT2D eigenvalue weighted by molar-refractivity contribution is -0.385. The van der Waals surface area contributed by atoms with E-state index in [1.54, 1.807) is 0 Å². The molecule has 0 aliphatic carbocycles. The maximum Gasteiger partial charge on any atom is 0.285 e. The molecule has 0 radical (unpaired) electrons. The van der Waals surface area contributed by atoms with Crippen LogP contribution in [0.15, 0.2) is 12.1 Å². The fourth-order valence-corrected chi connectivity index (χ4v) is 1.65. The number of halogens is 1. The number of nitro groups is 1. The van der Waals surface area contributed by atoms with E-state index >= 15 is 0 Å². The molecule has 8 nitrogen and oxygen atoms in total. The zero-order chi connectivity index (χ0) is 16.0. The number of amides is 1. The SMILES string of the molecule is CCOCCN(C)C(=O)c1cc(NN)c(F)cc1[N+](=O)[O-]. The number of hydrazine groups is 1. The number of hydrogen-bond donors (Lipinski definition) is 2. The normalized spacial score (nSPS) is 10.3. The molecule has 21 heavy (non-hydrogen) atoms. The zero-order valence-corrected chi connectivity index (χ0v) is 11.8. The van der Waals surface area contributed by atoms with Crippen molar-refractivity contribution in [2.45, 2.75) is 6.92 Å². The summed E-state index contributed by atoms with van der Waals surface area (Å²) in [6.45, 7) is 2.87. The highest BCUT2D eigenvalue weighted by atomic mass is 19.1. The Kier molecular flexibility index (Phi) is 6.00. The zero-order valence-electron chi connectivity index (χ0n) is 11.8. The number of anilines is 1. The van der Waals surface area contributed by atoms with Crippen LogP contribution in [0.1, 0.15) is 17.3 Å². The Morgan fingerprint density at radius 2 is 2.24 bits per heavy atom. The van der Waals surface area contributed by atoms with Crippen molar-refractivity contribution in [3.05, 3.63) is 33.6 Å². The predicted octanol–water partition coefficient (Wildman–Crippen LogP) is 1.13. The third-order valence-electron chi connectivity index (χ3n) is 2.79. The molecule has 0 aliphatic rings. The molecular weight excluding hydrogens is 283 g/mol. The molecule has 0 bridgehead atoms. The standard InChI is InChI=1S/C12H17FN4O4/c1-3-21-5-4-16(2)12(18)8-6-10(15-14)9(13)7-11(8)17(19)20/h6-7,15H,3-5,14H2,1-2H3. The van der Waals surface area contributed by atoms with E-state index in [0.717, 1.165) is 6.07 Å². The fraction of sp³-hybridized carbons (Fsp3) is 0.417. The number of carbonyl (C=O) groups is 1. The summed E-state index contributed by atoms with van der Waals surface area (Å²) in [7, 11) is 1.48. The molecule has 116 valence electrons. The molecule has 3 N–H and O–H groups in total. The molecule has 0 fully saturated rings. The molecule has 0 aliphatic heterocycles. The quantitative estimate of drug-likeness (QED) is 0.338. The van der Waals surface area contributed by atoms with Gasteiger partial charge in [0.1, 0.15) is 5.56 Å². The molecule has 1 aromatic carbocycles. The first-order valence-corrected chi connectivity index (χ1v) is 6.20. The minimum absolute atomic E-state index is 0.192. The van der Waals surface area contributed by atoms with E-state index in [4.69, 9.17) is 10.6 Å². The first kappa shape index (κ1) is 16.8. The summed E-state index contributed by atoms with van der Waals surface area (Å²) in [5.74, 6) is 3.60. The van der Waals surface area contributed by atoms with Crippen LogP contribution >= 0.6 is 0 Å². The van der Waals surface area contributed by atoms with Gasteiger partial charge in [0.2, 0.25) is 0 Å². The third-order valence-corrected chi connectivity index (χ3v) is 2.79. The van der Waals surface area contributed by atoms with Crippen LogP contribution in [0.5, 0.6) is 0 Å². The average molecular weight is 300 g/mol. The third kappa shape index (κ3) is 4.10. The number of benzene rings is 1. The molecule has 0 atom stereocenters. The molecule has 9 heteroatoms. The molecule has 0 spiro atoms. The fourth-order valence-electron chi connectivity index (χ4n) is 1.65. The van der Waals surface area contributed by atoms with Gasteiger partial charge in [-0.1, -0.05) is 0 Å². The summed E-state index contributed by atoms with van der Waals surface area (Å²) < 4.78 is 18.6. The summed E-state index contributed by atoms with van der Waals surface area (Å²) in [5.41, 5.74) is 1.01. The number of nitrogens with two attached hydrogens (primary N) is 1. The number of ether oxygens (including phenoxy) is 1. The molecule has 1 amide bonds. The van der Waals surface area contributed by atoms with E-state index < -0.39 is 22.3 Å². The smallest absolute Gasteiger partial charge is 0.285 e. The summed E-state index contributed by atoms with van der Waals surface area (Å²) in [4.78, 5) is 23.6. The Morgan fingerprint density at radius 3 is 2.76 bits per heavy atom. The van der Waals surface area contributed by atoms with Crippen LogP contribution in [0.2, 0.25) is 0 Å². The molecule has 0 saturated carbocycles. The van der Waals surface area contributed by atoms with Gasteiger partial charge in [0.05, 0.1) is 23.3 Å². The van der Waals surface area contributed by atoms with Crippen molar-refractivity contribution in [3.63, 3.8) is 0 Å². The number of nitro benzene ring substituents is 1. The monoisotopic (exact) mass is 300 g/mol. The second-order valence-corrected chi connectivity index (χ2v) is 4.17. The summed E-state index contributed by atoms with van der Waals surface area (Å²) in [5, 5.41) is 11.0. The molecular formula is C12H17FN4O4. The molecule has 1 aromatic rings. The van der Waals surface area contributed by atoms with Crippen LogP contribution in [0.4, 0.5) is 15.8 Å². The Morgan fingerprint density at radius 1 is 1.57 bits per heavy atom. The van der Waals surface area contributed by atoms with Crippen LogP contribution in [0.25, 0.3) is 0 Å². The van der Waals surface area contributed by atoms with Gasteiger partial charge in [-0.25, -0.2) is 4.39 Å². The van der Waals surface area contributed by atoms with Crippen LogP contribution in [0, 0.1) is 15.9 Å². The molecule has 0 unspecified atom stereocenters. The lowest BCUT2D eigenvalue weighted by atomic mass is 10.1. The van der Waals surface area contributed by atoms with E-state index in [9.17, 15) is 19.3 Å². The largest absolute Gasteiger partial charge is 0.380 e. The highest BCUT2D eigenvalue weighted by Crippen LogP contribution is 2.26. The van der Waals surface area contributed by atoms with Crippen LogP contribution < -0.4 is 11.3 Å². The van der Waals surface area contributed by atoms with Gasteiger partial charge < -0.3 is 15.1 Å². The van der Waals surface area contributed by atoms with Gasteiger partial charge in [0.25, 0.3) is 11.6 Å². The number of carbonyl (C=O) groups excluding carboxylic acids is 1. The van der Waals surface area contributed by atoms with Gasteiger partial charge in [-0.3, -0.25) is 20.8 Å². The summed E-state index contributed by atoms with van der Waals surface area (Å²) >= 11 is 0. The van der Waals surface area contributed by atoms with E-state index in [-0.39, 0.29) is 17.8 Å². The van der Waals surface area contributed by atoms with E-state index in [1.807, 2.05) is 6.92 Å². The first-order valence-electron chi connectivity index (χ1n) is 6.20. The second-order valence-electron chi connectivity index (χ2n) is 4.17. The Hall–Kier alpha value is -2.26. The number of nitrogens with one attached hydrogen (secondary N) is 1. The van der Waals surface area contributed by atoms with Crippen molar-refractivity contribution >= 4 is 17.3 Å². The van der Waals surface area contributed by atoms with Crippen molar-refractivity contribution in [2.24, 2.45) is 5.84 Å². The van der Waals surface area contributed by atoms with Crippen LogP contribution in [-0.2, 0) is 4.74 Å². The minimum Gasteiger partial charge on any atom is -0.380 e. The van der Waals surface area contributed by atoms with Crippen molar-refractivity contribution < 1.29 is 18.8 Å². The molecule has 0 heterocycles. The second kappa shape index (κ2) is 7.50. The number of hydrogen-bond acceptors (Lipinski definition) is 6. The molecule has 1 rings (SSSR count). The van der Waals surface area contributed by atoms with Gasteiger partial charge >= 0.3 is 0 Å². The van der Waals surface area contributed by atoms with Crippen molar-refractivity contribution in [1.29, 1.82) is 0 Å². The van der Waals surface area contributed by atoms with Gasteiger partial charge in [-0.2, -0.15) is 0 Å². The van der Waals surface area contributed by atoms with Gasteiger partial charge in [-0.15, -0.1) is 0 Å².